The summed E-state index contributed by atoms with van der Waals surface area (Å²) in [6.45, 7) is 5.53. The first-order chi connectivity index (χ1) is 7.72. The Morgan fingerprint density at radius 1 is 1.31 bits per heavy atom. The summed E-state index contributed by atoms with van der Waals surface area (Å²) in [6, 6.07) is 0. The summed E-state index contributed by atoms with van der Waals surface area (Å²) in [5, 5.41) is 9.51. The minimum absolute atomic E-state index is 0.647. The molecule has 4 heteroatoms. The largest absolute Gasteiger partial charge is 0.314 e. The van der Waals surface area contributed by atoms with Crippen LogP contribution in [0.2, 0.25) is 0 Å². The molecule has 1 aliphatic carbocycles. The van der Waals surface area contributed by atoms with Gasteiger partial charge in [0.05, 0.1) is 5.33 Å². The Kier molecular flexibility index (Phi) is 4.00. The third-order valence-corrected chi connectivity index (χ3v) is 3.75. The van der Waals surface area contributed by atoms with E-state index in [4.69, 9.17) is 0 Å². The number of hydrogen-bond donors (Lipinski definition) is 0. The highest BCUT2D eigenvalue weighted by Crippen LogP contribution is 2.33. The van der Waals surface area contributed by atoms with Crippen LogP contribution < -0.4 is 0 Å². The zero-order valence-electron chi connectivity index (χ0n) is 10.1. The summed E-state index contributed by atoms with van der Waals surface area (Å²) < 4.78 is 2.33. The first-order valence-corrected chi connectivity index (χ1v) is 7.32. The lowest BCUT2D eigenvalue weighted by molar-refractivity contribution is 0.480. The molecule has 0 aromatic carbocycles. The lowest BCUT2D eigenvalue weighted by atomic mass is 10.1. The maximum atomic E-state index is 4.40. The minimum Gasteiger partial charge on any atom is -0.314 e. The van der Waals surface area contributed by atoms with E-state index in [1.807, 2.05) is 0 Å². The quantitative estimate of drug-likeness (QED) is 0.793. The van der Waals surface area contributed by atoms with Gasteiger partial charge in [0.25, 0.3) is 0 Å². The van der Waals surface area contributed by atoms with Gasteiger partial charge in [-0.25, -0.2) is 0 Å². The van der Waals surface area contributed by atoms with Gasteiger partial charge in [0.15, 0.2) is 0 Å². The topological polar surface area (TPSA) is 30.7 Å². The van der Waals surface area contributed by atoms with Crippen LogP contribution in [0.1, 0.15) is 57.1 Å². The summed E-state index contributed by atoms with van der Waals surface area (Å²) in [4.78, 5) is 0. The molecular weight excluding hydrogens is 266 g/mol. The maximum Gasteiger partial charge on any atom is 0.143 e. The minimum atomic E-state index is 0.647. The van der Waals surface area contributed by atoms with Gasteiger partial charge in [-0.3, -0.25) is 0 Å². The van der Waals surface area contributed by atoms with Gasteiger partial charge in [-0.1, -0.05) is 42.6 Å². The van der Waals surface area contributed by atoms with Crippen molar-refractivity contribution in [3.8, 4) is 0 Å². The van der Waals surface area contributed by atoms with E-state index in [9.17, 15) is 0 Å². The number of aromatic nitrogens is 3. The van der Waals surface area contributed by atoms with Gasteiger partial charge in [-0.2, -0.15) is 0 Å². The van der Waals surface area contributed by atoms with Crippen LogP contribution in [0.25, 0.3) is 0 Å². The van der Waals surface area contributed by atoms with Gasteiger partial charge >= 0.3 is 0 Å². The molecule has 1 saturated carbocycles. The maximum absolute atomic E-state index is 4.40. The van der Waals surface area contributed by atoms with E-state index in [0.29, 0.717) is 11.8 Å². The van der Waals surface area contributed by atoms with Gasteiger partial charge < -0.3 is 4.57 Å². The van der Waals surface area contributed by atoms with Crippen molar-refractivity contribution in [1.29, 1.82) is 0 Å². The fourth-order valence-corrected chi connectivity index (χ4v) is 2.91. The fourth-order valence-electron chi connectivity index (χ4n) is 2.50. The number of nitrogens with zero attached hydrogens (tertiary/aromatic N) is 3. The molecule has 90 valence electrons. The molecule has 1 aromatic rings. The smallest absolute Gasteiger partial charge is 0.143 e. The normalized spacial score (nSPS) is 17.5. The molecule has 0 aliphatic heterocycles. The second kappa shape index (κ2) is 5.30. The predicted octanol–water partition coefficient (Wildman–Crippen LogP) is 3.49. The summed E-state index contributed by atoms with van der Waals surface area (Å²) in [5.41, 5.74) is 0. The summed E-state index contributed by atoms with van der Waals surface area (Å²) in [7, 11) is 0. The zero-order chi connectivity index (χ0) is 11.5. The van der Waals surface area contributed by atoms with Crippen molar-refractivity contribution < 1.29 is 0 Å². The average Bonchev–Trinajstić information content (AvgIpc) is 2.84. The van der Waals surface area contributed by atoms with Crippen molar-refractivity contribution in [2.24, 2.45) is 5.92 Å². The molecule has 1 aromatic heterocycles. The Morgan fingerprint density at radius 3 is 2.56 bits per heavy atom. The summed E-state index contributed by atoms with van der Waals surface area (Å²) >= 11 is 3.50. The highest BCUT2D eigenvalue weighted by molar-refractivity contribution is 9.08. The molecule has 1 aliphatic rings. The van der Waals surface area contributed by atoms with Crippen molar-refractivity contribution in [1.82, 2.24) is 14.8 Å². The molecular formula is C12H20BrN3. The predicted molar refractivity (Wildman–Crippen MR) is 68.7 cm³/mol. The highest BCUT2D eigenvalue weighted by atomic mass is 79.9. The van der Waals surface area contributed by atoms with Crippen LogP contribution in [0.5, 0.6) is 0 Å². The monoisotopic (exact) mass is 285 g/mol. The molecule has 1 fully saturated rings. The van der Waals surface area contributed by atoms with E-state index in [0.717, 1.165) is 17.7 Å². The first-order valence-electron chi connectivity index (χ1n) is 6.20. The molecule has 3 nitrogen and oxygen atoms in total. The van der Waals surface area contributed by atoms with Gasteiger partial charge in [0.1, 0.15) is 11.6 Å². The van der Waals surface area contributed by atoms with Crippen LogP contribution in [-0.4, -0.2) is 14.8 Å². The standard InChI is InChI=1S/C12H20BrN3/c1-9(2)8-16-11(7-13)14-15-12(16)10-5-3-4-6-10/h9-10H,3-8H2,1-2H3. The van der Waals surface area contributed by atoms with E-state index in [1.165, 1.54) is 31.5 Å². The SMILES string of the molecule is CC(C)Cn1c(CBr)nnc1C1CCCC1. The third-order valence-electron chi connectivity index (χ3n) is 3.24. The molecule has 0 unspecified atom stereocenters. The Balaban J connectivity index is 2.25. The lowest BCUT2D eigenvalue weighted by Gasteiger charge is -2.15. The molecule has 0 saturated heterocycles. The van der Waals surface area contributed by atoms with Crippen LogP contribution in [0.4, 0.5) is 0 Å². The van der Waals surface area contributed by atoms with Crippen LogP contribution in [0.3, 0.4) is 0 Å². The van der Waals surface area contributed by atoms with E-state index < -0.39 is 0 Å². The highest BCUT2D eigenvalue weighted by Gasteiger charge is 2.24. The van der Waals surface area contributed by atoms with Crippen molar-refractivity contribution in [2.75, 3.05) is 0 Å². The van der Waals surface area contributed by atoms with E-state index >= 15 is 0 Å². The molecule has 0 spiro atoms. The molecule has 0 radical (unpaired) electrons. The summed E-state index contributed by atoms with van der Waals surface area (Å²) in [5.74, 6) is 3.60. The Morgan fingerprint density at radius 2 is 2.00 bits per heavy atom. The van der Waals surface area contributed by atoms with E-state index in [2.05, 4.69) is 44.5 Å². The number of halogens is 1. The van der Waals surface area contributed by atoms with Crippen molar-refractivity contribution in [3.05, 3.63) is 11.6 Å². The van der Waals surface area contributed by atoms with Crippen LogP contribution in [0, 0.1) is 5.92 Å². The van der Waals surface area contributed by atoms with Gasteiger partial charge in [0.2, 0.25) is 0 Å². The molecule has 1 heterocycles. The van der Waals surface area contributed by atoms with Gasteiger partial charge in [-0.15, -0.1) is 10.2 Å². The lowest BCUT2D eigenvalue weighted by Crippen LogP contribution is -2.13. The first kappa shape index (κ1) is 12.1. The molecule has 0 atom stereocenters. The molecule has 0 amide bonds. The summed E-state index contributed by atoms with van der Waals surface area (Å²) in [6.07, 6.45) is 5.28. The van der Waals surface area contributed by atoms with Gasteiger partial charge in [0, 0.05) is 12.5 Å². The molecule has 0 N–H and O–H groups in total. The van der Waals surface area contributed by atoms with Crippen molar-refractivity contribution >= 4 is 15.9 Å². The second-order valence-corrected chi connectivity index (χ2v) is 5.65. The van der Waals surface area contributed by atoms with Crippen LogP contribution >= 0.6 is 15.9 Å². The number of rotatable bonds is 4. The molecule has 16 heavy (non-hydrogen) atoms. The fraction of sp³-hybridized carbons (Fsp3) is 0.833. The van der Waals surface area contributed by atoms with Crippen molar-refractivity contribution in [2.45, 2.75) is 57.3 Å². The average molecular weight is 286 g/mol. The number of hydrogen-bond acceptors (Lipinski definition) is 2. The number of alkyl halides is 1. The third kappa shape index (κ3) is 2.47. The van der Waals surface area contributed by atoms with Crippen molar-refractivity contribution in [3.63, 3.8) is 0 Å². The van der Waals surface area contributed by atoms with Crippen LogP contribution in [0.15, 0.2) is 0 Å². The van der Waals surface area contributed by atoms with Crippen LogP contribution in [-0.2, 0) is 11.9 Å². The molecule has 0 bridgehead atoms. The van der Waals surface area contributed by atoms with E-state index in [1.54, 1.807) is 0 Å². The second-order valence-electron chi connectivity index (χ2n) is 5.09. The van der Waals surface area contributed by atoms with Gasteiger partial charge in [-0.05, 0) is 18.8 Å². The van der Waals surface area contributed by atoms with E-state index in [-0.39, 0.29) is 0 Å². The Hall–Kier alpha value is -0.380. The zero-order valence-corrected chi connectivity index (χ0v) is 11.7. The Labute approximate surface area is 106 Å². The Bertz CT molecular complexity index is 340. The molecule has 2 rings (SSSR count).